The number of halogens is 2. The van der Waals surface area contributed by atoms with Gasteiger partial charge >= 0.3 is 0 Å². The third-order valence-electron chi connectivity index (χ3n) is 0.679. The predicted octanol–water partition coefficient (Wildman–Crippen LogP) is 1.28. The van der Waals surface area contributed by atoms with Crippen molar-refractivity contribution in [1.29, 1.82) is 0 Å². The fourth-order valence-corrected chi connectivity index (χ4v) is 0.230. The molecule has 3 heteroatoms. The summed E-state index contributed by atoms with van der Waals surface area (Å²) in [5, 5.41) is 2.71. The molecule has 0 amide bonds. The van der Waals surface area contributed by atoms with Gasteiger partial charge in [-0.3, -0.25) is 0 Å². The minimum atomic E-state index is -0.829. The lowest BCUT2D eigenvalue weighted by molar-refractivity contribution is 0.338. The fourth-order valence-electron chi connectivity index (χ4n) is 0.230. The standard InChI is InChI=1S/C4H9BrFN/c1-3(6)4(5)7-2/h3-4,7H,1-2H3/t3-,4?/m1/s1. The maximum atomic E-state index is 12.0. The molecule has 0 rings (SSSR count). The molecule has 0 bridgehead atoms. The topological polar surface area (TPSA) is 12.0 Å². The second-order valence-electron chi connectivity index (χ2n) is 1.37. The van der Waals surface area contributed by atoms with Gasteiger partial charge in [0.1, 0.15) is 6.17 Å². The molecule has 0 aromatic heterocycles. The van der Waals surface area contributed by atoms with Crippen LogP contribution in [0.25, 0.3) is 0 Å². The molecule has 7 heavy (non-hydrogen) atoms. The summed E-state index contributed by atoms with van der Waals surface area (Å²) in [4.78, 5) is -0.201. The number of hydrogen-bond acceptors (Lipinski definition) is 1. The first-order chi connectivity index (χ1) is 3.18. The van der Waals surface area contributed by atoms with Crippen LogP contribution in [-0.2, 0) is 0 Å². The largest absolute Gasteiger partial charge is 0.305 e. The van der Waals surface area contributed by atoms with E-state index in [9.17, 15) is 4.39 Å². The SMILES string of the molecule is CNC(Br)[C@@H](C)F. The van der Waals surface area contributed by atoms with Crippen LogP contribution in [0.3, 0.4) is 0 Å². The van der Waals surface area contributed by atoms with Gasteiger partial charge in [-0.1, -0.05) is 15.9 Å². The Kier molecular flexibility index (Phi) is 3.56. The Morgan fingerprint density at radius 3 is 2.14 bits per heavy atom. The van der Waals surface area contributed by atoms with Crippen molar-refractivity contribution in [2.45, 2.75) is 18.0 Å². The van der Waals surface area contributed by atoms with Gasteiger partial charge in [0.2, 0.25) is 0 Å². The van der Waals surface area contributed by atoms with Crippen molar-refractivity contribution in [3.8, 4) is 0 Å². The lowest BCUT2D eigenvalue weighted by atomic mass is 10.4. The van der Waals surface area contributed by atoms with Gasteiger partial charge < -0.3 is 5.32 Å². The molecule has 0 saturated heterocycles. The maximum Gasteiger partial charge on any atom is 0.122 e. The molecule has 2 atom stereocenters. The van der Waals surface area contributed by atoms with Gasteiger partial charge in [0.25, 0.3) is 0 Å². The molecule has 0 saturated carbocycles. The predicted molar refractivity (Wildman–Crippen MR) is 32.3 cm³/mol. The molecule has 44 valence electrons. The average molecular weight is 170 g/mol. The van der Waals surface area contributed by atoms with Crippen molar-refractivity contribution in [2.24, 2.45) is 0 Å². The van der Waals surface area contributed by atoms with E-state index in [-0.39, 0.29) is 4.95 Å². The van der Waals surface area contributed by atoms with Gasteiger partial charge in [-0.05, 0) is 14.0 Å². The number of hydrogen-bond donors (Lipinski definition) is 1. The fraction of sp³-hybridized carbons (Fsp3) is 1.00. The van der Waals surface area contributed by atoms with Crippen molar-refractivity contribution in [1.82, 2.24) is 5.32 Å². The van der Waals surface area contributed by atoms with Crippen molar-refractivity contribution < 1.29 is 4.39 Å². The highest BCUT2D eigenvalue weighted by Gasteiger charge is 2.07. The molecule has 0 aliphatic heterocycles. The van der Waals surface area contributed by atoms with Gasteiger partial charge in [-0.25, -0.2) is 4.39 Å². The summed E-state index contributed by atoms with van der Waals surface area (Å²) in [5.74, 6) is 0. The molecule has 0 aromatic rings. The van der Waals surface area contributed by atoms with Crippen molar-refractivity contribution in [2.75, 3.05) is 7.05 Å². The summed E-state index contributed by atoms with van der Waals surface area (Å²) < 4.78 is 12.0. The molecule has 1 N–H and O–H groups in total. The van der Waals surface area contributed by atoms with Crippen LogP contribution >= 0.6 is 15.9 Å². The summed E-state index contributed by atoms with van der Waals surface area (Å²) >= 11 is 3.05. The highest BCUT2D eigenvalue weighted by molar-refractivity contribution is 9.09. The van der Waals surface area contributed by atoms with Crippen LogP contribution in [-0.4, -0.2) is 18.2 Å². The first-order valence-electron chi connectivity index (χ1n) is 2.14. The second kappa shape index (κ2) is 3.38. The Labute approximate surface area is 51.4 Å². The number of alkyl halides is 2. The van der Waals surface area contributed by atoms with Gasteiger partial charge in [0.05, 0.1) is 4.95 Å². The Balaban J connectivity index is 3.14. The monoisotopic (exact) mass is 169 g/mol. The summed E-state index contributed by atoms with van der Waals surface area (Å²) in [7, 11) is 1.70. The molecule has 0 aliphatic rings. The number of rotatable bonds is 2. The Morgan fingerprint density at radius 2 is 2.14 bits per heavy atom. The Bertz CT molecular complexity index is 49.0. The average Bonchev–Trinajstić information content (AvgIpc) is 1.65. The Morgan fingerprint density at radius 1 is 1.71 bits per heavy atom. The van der Waals surface area contributed by atoms with Gasteiger partial charge in [0, 0.05) is 0 Å². The third-order valence-corrected chi connectivity index (χ3v) is 1.87. The zero-order chi connectivity index (χ0) is 5.86. The minimum Gasteiger partial charge on any atom is -0.305 e. The molecule has 0 radical (unpaired) electrons. The summed E-state index contributed by atoms with van der Waals surface area (Å²) in [6.07, 6.45) is -0.829. The molecule has 1 unspecified atom stereocenters. The van der Waals surface area contributed by atoms with Crippen LogP contribution in [0, 0.1) is 0 Å². The summed E-state index contributed by atoms with van der Waals surface area (Å²) in [6, 6.07) is 0. The molecule has 0 spiro atoms. The van der Waals surface area contributed by atoms with E-state index in [2.05, 4.69) is 21.2 Å². The van der Waals surface area contributed by atoms with E-state index >= 15 is 0 Å². The number of nitrogens with one attached hydrogen (secondary N) is 1. The molecule has 0 aliphatic carbocycles. The van der Waals surface area contributed by atoms with Crippen molar-refractivity contribution in [3.05, 3.63) is 0 Å². The zero-order valence-electron chi connectivity index (χ0n) is 4.41. The summed E-state index contributed by atoms with van der Waals surface area (Å²) in [5.41, 5.74) is 0. The van der Waals surface area contributed by atoms with Gasteiger partial charge in [-0.15, -0.1) is 0 Å². The second-order valence-corrected chi connectivity index (χ2v) is 2.35. The third kappa shape index (κ3) is 3.00. The van der Waals surface area contributed by atoms with E-state index in [4.69, 9.17) is 0 Å². The highest BCUT2D eigenvalue weighted by atomic mass is 79.9. The van der Waals surface area contributed by atoms with E-state index in [0.717, 1.165) is 0 Å². The lowest BCUT2D eigenvalue weighted by Gasteiger charge is -2.06. The lowest BCUT2D eigenvalue weighted by Crippen LogP contribution is -2.26. The first-order valence-corrected chi connectivity index (χ1v) is 3.05. The smallest absolute Gasteiger partial charge is 0.122 e. The van der Waals surface area contributed by atoms with Gasteiger partial charge in [-0.2, -0.15) is 0 Å². The van der Waals surface area contributed by atoms with Crippen LogP contribution in [0.1, 0.15) is 6.92 Å². The van der Waals surface area contributed by atoms with Crippen molar-refractivity contribution in [3.63, 3.8) is 0 Å². The quantitative estimate of drug-likeness (QED) is 0.486. The minimum absolute atomic E-state index is 0.201. The molecule has 0 aromatic carbocycles. The van der Waals surface area contributed by atoms with E-state index in [1.807, 2.05) is 0 Å². The van der Waals surface area contributed by atoms with Crippen LogP contribution in [0.2, 0.25) is 0 Å². The molecule has 1 nitrogen and oxygen atoms in total. The maximum absolute atomic E-state index is 12.0. The normalized spacial score (nSPS) is 18.9. The van der Waals surface area contributed by atoms with Crippen LogP contribution in [0.5, 0.6) is 0 Å². The Hall–Kier alpha value is 0.370. The zero-order valence-corrected chi connectivity index (χ0v) is 6.00. The van der Waals surface area contributed by atoms with E-state index in [1.165, 1.54) is 6.92 Å². The van der Waals surface area contributed by atoms with Crippen molar-refractivity contribution >= 4 is 15.9 Å². The molecular weight excluding hydrogens is 161 g/mol. The van der Waals surface area contributed by atoms with E-state index in [1.54, 1.807) is 7.05 Å². The van der Waals surface area contributed by atoms with Crippen LogP contribution in [0.4, 0.5) is 4.39 Å². The van der Waals surface area contributed by atoms with E-state index < -0.39 is 6.17 Å². The van der Waals surface area contributed by atoms with Crippen LogP contribution in [0.15, 0.2) is 0 Å². The highest BCUT2D eigenvalue weighted by Crippen LogP contribution is 2.02. The van der Waals surface area contributed by atoms with Crippen LogP contribution < -0.4 is 5.32 Å². The summed E-state index contributed by atoms with van der Waals surface area (Å²) in [6.45, 7) is 1.50. The first kappa shape index (κ1) is 7.37. The van der Waals surface area contributed by atoms with Gasteiger partial charge in [0.15, 0.2) is 0 Å². The molecule has 0 fully saturated rings. The molecular formula is C4H9BrFN. The van der Waals surface area contributed by atoms with E-state index in [0.29, 0.717) is 0 Å². The molecule has 0 heterocycles.